The molecule has 2 aromatic rings. The summed E-state index contributed by atoms with van der Waals surface area (Å²) >= 11 is 0. The maximum absolute atomic E-state index is 12.9. The molecule has 1 aliphatic rings. The van der Waals surface area contributed by atoms with Gasteiger partial charge in [0, 0.05) is 24.7 Å². The molecule has 0 spiro atoms. The zero-order valence-electron chi connectivity index (χ0n) is 18.0. The monoisotopic (exact) mass is 424 g/mol. The number of esters is 1. The van der Waals surface area contributed by atoms with E-state index in [0.29, 0.717) is 12.1 Å². The molecular weight excluding hydrogens is 396 g/mol. The molecule has 164 valence electrons. The Kier molecular flexibility index (Phi) is 7.02. The molecule has 0 radical (unpaired) electrons. The van der Waals surface area contributed by atoms with Crippen LogP contribution >= 0.6 is 0 Å². The van der Waals surface area contributed by atoms with Crippen molar-refractivity contribution in [3.63, 3.8) is 0 Å². The Morgan fingerprint density at radius 3 is 2.52 bits per heavy atom. The minimum absolute atomic E-state index is 0.109. The lowest BCUT2D eigenvalue weighted by atomic mass is 10.1. The molecule has 0 saturated heterocycles. The van der Waals surface area contributed by atoms with Crippen molar-refractivity contribution in [2.24, 2.45) is 5.10 Å². The van der Waals surface area contributed by atoms with Gasteiger partial charge < -0.3 is 15.2 Å². The standard InChI is InChI=1S/C23H28N4O4/c1-23(2,3)31-22(30)20-14-19(26-27(20)18-10-5-4-6-11-18)21(29)25-17(15-28)13-16-9-7-8-12-24-16/h4-12,17,20,28H,13-15H2,1-3H3,(H,25,29). The number of aromatic nitrogens is 1. The highest BCUT2D eigenvalue weighted by atomic mass is 16.6. The Balaban J connectivity index is 1.76. The van der Waals surface area contributed by atoms with E-state index in [0.717, 1.165) is 5.69 Å². The number of nitrogens with zero attached hydrogens (tertiary/aromatic N) is 3. The summed E-state index contributed by atoms with van der Waals surface area (Å²) in [5.41, 5.74) is 0.995. The van der Waals surface area contributed by atoms with Crippen LogP contribution in [0.15, 0.2) is 59.8 Å². The normalized spacial score (nSPS) is 17.1. The summed E-state index contributed by atoms with van der Waals surface area (Å²) in [4.78, 5) is 29.9. The minimum Gasteiger partial charge on any atom is -0.458 e. The van der Waals surface area contributed by atoms with Gasteiger partial charge in [-0.25, -0.2) is 4.79 Å². The highest BCUT2D eigenvalue weighted by Gasteiger charge is 2.39. The molecule has 0 bridgehead atoms. The van der Waals surface area contributed by atoms with E-state index in [4.69, 9.17) is 4.74 Å². The van der Waals surface area contributed by atoms with Crippen molar-refractivity contribution in [3.05, 3.63) is 60.4 Å². The van der Waals surface area contributed by atoms with Crippen LogP contribution in [-0.4, -0.2) is 52.0 Å². The Hall–Kier alpha value is -3.26. The molecule has 1 aromatic carbocycles. The third-order valence-electron chi connectivity index (χ3n) is 4.61. The second kappa shape index (κ2) is 9.70. The molecular formula is C23H28N4O4. The van der Waals surface area contributed by atoms with Crippen LogP contribution in [0.3, 0.4) is 0 Å². The van der Waals surface area contributed by atoms with Crippen LogP contribution in [0, 0.1) is 0 Å². The van der Waals surface area contributed by atoms with Crippen LogP contribution in [-0.2, 0) is 20.7 Å². The predicted octanol–water partition coefficient (Wildman–Crippen LogP) is 2.08. The molecule has 2 atom stereocenters. The highest BCUT2D eigenvalue weighted by molar-refractivity contribution is 6.40. The van der Waals surface area contributed by atoms with E-state index < -0.39 is 29.6 Å². The number of amides is 1. The van der Waals surface area contributed by atoms with Gasteiger partial charge in [0.2, 0.25) is 0 Å². The molecule has 8 heteroatoms. The summed E-state index contributed by atoms with van der Waals surface area (Å²) in [5.74, 6) is -0.878. The Bertz CT molecular complexity index is 926. The van der Waals surface area contributed by atoms with E-state index in [1.54, 1.807) is 33.0 Å². The van der Waals surface area contributed by atoms with Gasteiger partial charge in [0.25, 0.3) is 5.91 Å². The van der Waals surface area contributed by atoms with Crippen LogP contribution in [0.1, 0.15) is 32.9 Å². The number of aliphatic hydroxyl groups is 1. The van der Waals surface area contributed by atoms with Crippen molar-refractivity contribution < 1.29 is 19.4 Å². The van der Waals surface area contributed by atoms with Crippen molar-refractivity contribution in [1.29, 1.82) is 0 Å². The van der Waals surface area contributed by atoms with Crippen molar-refractivity contribution in [2.75, 3.05) is 11.6 Å². The van der Waals surface area contributed by atoms with Gasteiger partial charge in [0.05, 0.1) is 18.3 Å². The van der Waals surface area contributed by atoms with Gasteiger partial charge in [0.1, 0.15) is 11.3 Å². The van der Waals surface area contributed by atoms with Gasteiger partial charge in [-0.3, -0.25) is 14.8 Å². The number of hydrazone groups is 1. The Morgan fingerprint density at radius 1 is 1.19 bits per heavy atom. The van der Waals surface area contributed by atoms with Crippen molar-refractivity contribution in [2.45, 2.75) is 51.3 Å². The number of para-hydroxylation sites is 1. The number of carbonyl (C=O) groups is 2. The first-order valence-corrected chi connectivity index (χ1v) is 10.2. The second-order valence-electron chi connectivity index (χ2n) is 8.36. The zero-order valence-corrected chi connectivity index (χ0v) is 18.0. The molecule has 0 fully saturated rings. The van der Waals surface area contributed by atoms with E-state index in [-0.39, 0.29) is 18.7 Å². The number of benzene rings is 1. The lowest BCUT2D eigenvalue weighted by Crippen LogP contribution is -2.43. The van der Waals surface area contributed by atoms with Crippen LogP contribution in [0.4, 0.5) is 5.69 Å². The van der Waals surface area contributed by atoms with Crippen LogP contribution in [0.5, 0.6) is 0 Å². The van der Waals surface area contributed by atoms with E-state index in [9.17, 15) is 14.7 Å². The van der Waals surface area contributed by atoms with Crippen LogP contribution in [0.25, 0.3) is 0 Å². The molecule has 0 aliphatic carbocycles. The number of rotatable bonds is 7. The molecule has 1 aromatic heterocycles. The van der Waals surface area contributed by atoms with Crippen molar-refractivity contribution in [1.82, 2.24) is 10.3 Å². The number of anilines is 1. The lowest BCUT2D eigenvalue weighted by molar-refractivity contribution is -0.156. The van der Waals surface area contributed by atoms with Gasteiger partial charge in [-0.15, -0.1) is 0 Å². The fraction of sp³-hybridized carbons (Fsp3) is 0.391. The Labute approximate surface area is 181 Å². The number of nitrogens with one attached hydrogen (secondary N) is 1. The largest absolute Gasteiger partial charge is 0.458 e. The third-order valence-corrected chi connectivity index (χ3v) is 4.61. The smallest absolute Gasteiger partial charge is 0.331 e. The van der Waals surface area contributed by atoms with E-state index in [1.807, 2.05) is 42.5 Å². The summed E-state index contributed by atoms with van der Waals surface area (Å²) in [5, 5.41) is 18.5. The second-order valence-corrected chi connectivity index (χ2v) is 8.36. The van der Waals surface area contributed by atoms with Crippen LogP contribution < -0.4 is 10.3 Å². The lowest BCUT2D eigenvalue weighted by Gasteiger charge is -2.26. The molecule has 31 heavy (non-hydrogen) atoms. The Morgan fingerprint density at radius 2 is 1.90 bits per heavy atom. The summed E-state index contributed by atoms with van der Waals surface area (Å²) in [7, 11) is 0. The SMILES string of the molecule is CC(C)(C)OC(=O)C1CC(C(=O)NC(CO)Cc2ccccn2)=NN1c1ccccc1. The average molecular weight is 425 g/mol. The predicted molar refractivity (Wildman–Crippen MR) is 118 cm³/mol. The van der Waals surface area contributed by atoms with Gasteiger partial charge >= 0.3 is 5.97 Å². The molecule has 2 N–H and O–H groups in total. The van der Waals surface area contributed by atoms with E-state index in [2.05, 4.69) is 15.4 Å². The quantitative estimate of drug-likeness (QED) is 0.660. The molecule has 8 nitrogen and oxygen atoms in total. The molecule has 3 rings (SSSR count). The van der Waals surface area contributed by atoms with Crippen LogP contribution in [0.2, 0.25) is 0 Å². The number of pyridine rings is 1. The fourth-order valence-corrected chi connectivity index (χ4v) is 3.22. The summed E-state index contributed by atoms with van der Waals surface area (Å²) in [6.07, 6.45) is 2.15. The maximum Gasteiger partial charge on any atom is 0.331 e. The number of hydrogen-bond acceptors (Lipinski definition) is 7. The summed E-state index contributed by atoms with van der Waals surface area (Å²) in [6, 6.07) is 13.4. The zero-order chi connectivity index (χ0) is 22.4. The number of carbonyl (C=O) groups excluding carboxylic acids is 2. The first-order chi connectivity index (χ1) is 14.8. The highest BCUT2D eigenvalue weighted by Crippen LogP contribution is 2.26. The third kappa shape index (κ3) is 6.11. The first-order valence-electron chi connectivity index (χ1n) is 10.2. The van der Waals surface area contributed by atoms with E-state index in [1.165, 1.54) is 5.01 Å². The number of hydrogen-bond donors (Lipinski definition) is 2. The van der Waals surface area contributed by atoms with Gasteiger partial charge in [-0.1, -0.05) is 24.3 Å². The topological polar surface area (TPSA) is 104 Å². The summed E-state index contributed by atoms with van der Waals surface area (Å²) in [6.45, 7) is 5.15. The summed E-state index contributed by atoms with van der Waals surface area (Å²) < 4.78 is 5.55. The molecule has 2 heterocycles. The number of ether oxygens (including phenoxy) is 1. The van der Waals surface area contributed by atoms with Gasteiger partial charge in [-0.05, 0) is 45.0 Å². The molecule has 1 aliphatic heterocycles. The van der Waals surface area contributed by atoms with Gasteiger partial charge in [0.15, 0.2) is 6.04 Å². The fourth-order valence-electron chi connectivity index (χ4n) is 3.22. The first kappa shape index (κ1) is 22.4. The van der Waals surface area contributed by atoms with Gasteiger partial charge in [-0.2, -0.15) is 5.10 Å². The van der Waals surface area contributed by atoms with E-state index >= 15 is 0 Å². The molecule has 1 amide bonds. The minimum atomic E-state index is -0.745. The number of aliphatic hydroxyl groups excluding tert-OH is 1. The maximum atomic E-state index is 12.9. The van der Waals surface area contributed by atoms with Crippen molar-refractivity contribution in [3.8, 4) is 0 Å². The average Bonchev–Trinajstić information content (AvgIpc) is 3.19. The molecule has 2 unspecified atom stereocenters. The van der Waals surface area contributed by atoms with Crippen molar-refractivity contribution >= 4 is 23.3 Å². The molecule has 0 saturated carbocycles.